The van der Waals surface area contributed by atoms with Crippen molar-refractivity contribution in [2.24, 2.45) is 5.73 Å². The maximum absolute atomic E-state index is 5.47. The topological polar surface area (TPSA) is 26.0 Å². The fourth-order valence-corrected chi connectivity index (χ4v) is 0.344. The molecule has 0 bridgehead atoms. The Morgan fingerprint density at radius 1 is 1.44 bits per heavy atom. The van der Waals surface area contributed by atoms with E-state index in [0.29, 0.717) is 0 Å². The molecule has 50 valence electrons. The minimum Gasteiger partial charge on any atom is -0.402 e. The Morgan fingerprint density at radius 2 is 2.00 bits per heavy atom. The molecule has 0 aliphatic heterocycles. The van der Waals surface area contributed by atoms with Crippen molar-refractivity contribution in [3.8, 4) is 0 Å². The maximum atomic E-state index is 5.47. The molecule has 0 amide bonds. The summed E-state index contributed by atoms with van der Waals surface area (Å²) in [6.07, 6.45) is 5.53. The molecule has 0 unspecified atom stereocenters. The van der Waals surface area contributed by atoms with Gasteiger partial charge in [0.15, 0.2) is 0 Å². The van der Waals surface area contributed by atoms with Crippen molar-refractivity contribution >= 4 is 0 Å². The molecule has 0 saturated carbocycles. The van der Waals surface area contributed by atoms with E-state index in [2.05, 4.69) is 6.58 Å². The highest BCUT2D eigenvalue weighted by atomic mass is 14.5. The fraction of sp³-hybridized carbons (Fsp3) is 0.250. The van der Waals surface area contributed by atoms with E-state index in [0.717, 1.165) is 11.3 Å². The lowest BCUT2D eigenvalue weighted by Gasteiger charge is -1.92. The smallest absolute Gasteiger partial charge is 0.00785 e. The van der Waals surface area contributed by atoms with E-state index in [4.69, 9.17) is 5.73 Å². The predicted molar refractivity (Wildman–Crippen MR) is 41.9 cm³/mol. The third kappa shape index (κ3) is 3.59. The molecule has 0 saturated heterocycles. The summed E-state index contributed by atoms with van der Waals surface area (Å²) < 4.78 is 0. The zero-order chi connectivity index (χ0) is 7.28. The van der Waals surface area contributed by atoms with Crippen LogP contribution < -0.4 is 5.73 Å². The Hall–Kier alpha value is -0.980. The molecule has 0 aromatic carbocycles. The molecular formula is C8H13N. The van der Waals surface area contributed by atoms with E-state index in [1.807, 2.05) is 26.0 Å². The summed E-state index contributed by atoms with van der Waals surface area (Å²) >= 11 is 0. The molecule has 0 aliphatic rings. The molecule has 2 N–H and O–H groups in total. The van der Waals surface area contributed by atoms with Gasteiger partial charge in [-0.25, -0.2) is 0 Å². The maximum Gasteiger partial charge on any atom is 0.00785 e. The first-order valence-corrected chi connectivity index (χ1v) is 2.90. The lowest BCUT2D eigenvalue weighted by Crippen LogP contribution is -1.92. The number of hydrogen-bond acceptors (Lipinski definition) is 1. The van der Waals surface area contributed by atoms with Crippen LogP contribution in [0.25, 0.3) is 0 Å². The van der Waals surface area contributed by atoms with Crippen LogP contribution in [0.2, 0.25) is 0 Å². The molecule has 0 radical (unpaired) electrons. The van der Waals surface area contributed by atoms with Crippen molar-refractivity contribution in [2.45, 2.75) is 13.8 Å². The summed E-state index contributed by atoms with van der Waals surface area (Å²) in [5, 5.41) is 0. The third-order valence-electron chi connectivity index (χ3n) is 1.10. The lowest BCUT2D eigenvalue weighted by atomic mass is 10.2. The van der Waals surface area contributed by atoms with Gasteiger partial charge in [-0.15, -0.1) is 0 Å². The van der Waals surface area contributed by atoms with Crippen LogP contribution in [0.1, 0.15) is 13.8 Å². The van der Waals surface area contributed by atoms with Gasteiger partial charge in [0.2, 0.25) is 0 Å². The molecule has 0 spiro atoms. The lowest BCUT2D eigenvalue weighted by molar-refractivity contribution is 1.24. The van der Waals surface area contributed by atoms with Crippen molar-refractivity contribution in [3.63, 3.8) is 0 Å². The van der Waals surface area contributed by atoms with Gasteiger partial charge in [-0.1, -0.05) is 24.8 Å². The zero-order valence-electron chi connectivity index (χ0n) is 6.02. The van der Waals surface area contributed by atoms with Crippen molar-refractivity contribution in [1.82, 2.24) is 0 Å². The molecule has 0 rings (SSSR count). The van der Waals surface area contributed by atoms with Crippen LogP contribution in [0.3, 0.4) is 0 Å². The number of nitrogens with two attached hydrogens (primary N) is 1. The predicted octanol–water partition coefficient (Wildman–Crippen LogP) is 1.98. The van der Waals surface area contributed by atoms with Crippen LogP contribution in [0.15, 0.2) is 36.1 Å². The summed E-state index contributed by atoms with van der Waals surface area (Å²) in [7, 11) is 0. The van der Waals surface area contributed by atoms with Gasteiger partial charge in [-0.3, -0.25) is 0 Å². The summed E-state index contributed by atoms with van der Waals surface area (Å²) in [5.41, 5.74) is 7.42. The largest absolute Gasteiger partial charge is 0.402 e. The van der Waals surface area contributed by atoms with Gasteiger partial charge in [0.25, 0.3) is 0 Å². The van der Waals surface area contributed by atoms with Crippen molar-refractivity contribution in [3.05, 3.63) is 36.1 Å². The van der Waals surface area contributed by atoms with Crippen LogP contribution in [-0.2, 0) is 0 Å². The standard InChI is InChI=1S/C8H13N/c1-4-5-6-7(2)8(3)9/h4-6H,1,9H2,2-3H3/b6-5-,8-7-. The summed E-state index contributed by atoms with van der Waals surface area (Å²) in [6, 6.07) is 0. The number of hydrogen-bond donors (Lipinski definition) is 1. The highest BCUT2D eigenvalue weighted by Crippen LogP contribution is 1.97. The Labute approximate surface area is 56.6 Å². The molecule has 0 aliphatic carbocycles. The number of allylic oxidation sites excluding steroid dienone is 5. The van der Waals surface area contributed by atoms with Crippen molar-refractivity contribution in [1.29, 1.82) is 0 Å². The van der Waals surface area contributed by atoms with Crippen LogP contribution in [-0.4, -0.2) is 0 Å². The second-order valence-corrected chi connectivity index (χ2v) is 1.96. The molecule has 9 heavy (non-hydrogen) atoms. The second-order valence-electron chi connectivity index (χ2n) is 1.96. The second kappa shape index (κ2) is 3.96. The molecule has 1 nitrogen and oxygen atoms in total. The van der Waals surface area contributed by atoms with Gasteiger partial charge in [0, 0.05) is 5.70 Å². The summed E-state index contributed by atoms with van der Waals surface area (Å²) in [6.45, 7) is 7.39. The Kier molecular flexibility index (Phi) is 3.52. The number of rotatable bonds is 2. The molecule has 0 aromatic heterocycles. The quantitative estimate of drug-likeness (QED) is 0.558. The zero-order valence-corrected chi connectivity index (χ0v) is 6.02. The van der Waals surface area contributed by atoms with Crippen LogP contribution in [0, 0.1) is 0 Å². The molecular weight excluding hydrogens is 110 g/mol. The van der Waals surface area contributed by atoms with Gasteiger partial charge in [0.1, 0.15) is 0 Å². The molecule has 0 fully saturated rings. The van der Waals surface area contributed by atoms with E-state index in [1.165, 1.54) is 0 Å². The molecule has 0 heterocycles. The molecule has 1 heteroatoms. The minimum atomic E-state index is 0.855. The fourth-order valence-electron chi connectivity index (χ4n) is 0.344. The van der Waals surface area contributed by atoms with E-state index < -0.39 is 0 Å². The highest BCUT2D eigenvalue weighted by molar-refractivity contribution is 5.22. The van der Waals surface area contributed by atoms with Crippen molar-refractivity contribution < 1.29 is 0 Å². The average Bonchev–Trinajstić information content (AvgIpc) is 1.82. The third-order valence-corrected chi connectivity index (χ3v) is 1.10. The van der Waals surface area contributed by atoms with Gasteiger partial charge in [-0.05, 0) is 19.4 Å². The Bertz CT molecular complexity index is 148. The van der Waals surface area contributed by atoms with Gasteiger partial charge in [0.05, 0.1) is 0 Å². The van der Waals surface area contributed by atoms with E-state index in [-0.39, 0.29) is 0 Å². The summed E-state index contributed by atoms with van der Waals surface area (Å²) in [5.74, 6) is 0. The van der Waals surface area contributed by atoms with Crippen LogP contribution in [0.4, 0.5) is 0 Å². The normalized spacial score (nSPS) is 13.6. The molecule has 0 aromatic rings. The van der Waals surface area contributed by atoms with E-state index in [9.17, 15) is 0 Å². The Morgan fingerprint density at radius 3 is 2.33 bits per heavy atom. The van der Waals surface area contributed by atoms with E-state index >= 15 is 0 Å². The average molecular weight is 123 g/mol. The first-order valence-electron chi connectivity index (χ1n) is 2.90. The molecule has 0 atom stereocenters. The SMILES string of the molecule is C=C/C=C\C(C)=C(\C)N. The van der Waals surface area contributed by atoms with Gasteiger partial charge >= 0.3 is 0 Å². The Balaban J connectivity index is 4.06. The first kappa shape index (κ1) is 8.02. The van der Waals surface area contributed by atoms with Gasteiger partial charge < -0.3 is 5.73 Å². The monoisotopic (exact) mass is 123 g/mol. The minimum absolute atomic E-state index is 0.855. The first-order chi connectivity index (χ1) is 4.18. The van der Waals surface area contributed by atoms with Gasteiger partial charge in [-0.2, -0.15) is 0 Å². The van der Waals surface area contributed by atoms with Crippen LogP contribution >= 0.6 is 0 Å². The summed E-state index contributed by atoms with van der Waals surface area (Å²) in [4.78, 5) is 0. The highest BCUT2D eigenvalue weighted by Gasteiger charge is 1.81. The van der Waals surface area contributed by atoms with E-state index in [1.54, 1.807) is 6.08 Å². The van der Waals surface area contributed by atoms with Crippen LogP contribution in [0.5, 0.6) is 0 Å². The van der Waals surface area contributed by atoms with Crippen molar-refractivity contribution in [2.75, 3.05) is 0 Å².